The lowest BCUT2D eigenvalue weighted by atomic mass is 9.84. The average molecular weight is 385 g/mol. The van der Waals surface area contributed by atoms with Crippen LogP contribution >= 0.6 is 0 Å². The van der Waals surface area contributed by atoms with Crippen molar-refractivity contribution in [3.05, 3.63) is 65.7 Å². The lowest BCUT2D eigenvalue weighted by Crippen LogP contribution is -2.24. The van der Waals surface area contributed by atoms with E-state index in [2.05, 4.69) is 31.2 Å². The Kier molecular flexibility index (Phi) is 10.7. The molecule has 0 aromatic heterocycles. The van der Waals surface area contributed by atoms with Crippen molar-refractivity contribution in [2.45, 2.75) is 70.3 Å². The first kappa shape index (κ1) is 22.4. The molecule has 3 heteroatoms. The molecule has 0 spiro atoms. The van der Waals surface area contributed by atoms with Gasteiger partial charge in [0.1, 0.15) is 5.75 Å². The van der Waals surface area contributed by atoms with E-state index >= 15 is 0 Å². The summed E-state index contributed by atoms with van der Waals surface area (Å²) in [6, 6.07) is 17.8. The summed E-state index contributed by atoms with van der Waals surface area (Å²) >= 11 is 0. The van der Waals surface area contributed by atoms with Gasteiger partial charge in [0.15, 0.2) is 0 Å². The molecule has 0 amide bonds. The summed E-state index contributed by atoms with van der Waals surface area (Å²) in [6.07, 6.45) is 9.01. The van der Waals surface area contributed by atoms with Gasteiger partial charge < -0.3 is 14.9 Å². The Balaban J connectivity index is 2.08. The Labute approximate surface area is 170 Å². The number of rotatable bonds is 14. The van der Waals surface area contributed by atoms with Crippen molar-refractivity contribution in [1.29, 1.82) is 0 Å². The number of phenolic OH excluding ortho intramolecular Hbond substituents is 1. The van der Waals surface area contributed by atoms with E-state index in [0.717, 1.165) is 31.4 Å². The summed E-state index contributed by atoms with van der Waals surface area (Å²) in [7, 11) is 0. The molecule has 2 aromatic carbocycles. The first-order valence-electron chi connectivity index (χ1n) is 10.8. The van der Waals surface area contributed by atoms with Gasteiger partial charge in [-0.05, 0) is 42.5 Å². The second-order valence-corrected chi connectivity index (χ2v) is 7.52. The second-order valence-electron chi connectivity index (χ2n) is 7.52. The van der Waals surface area contributed by atoms with Crippen molar-refractivity contribution >= 4 is 0 Å². The number of ether oxygens (including phenoxy) is 1. The maximum absolute atomic E-state index is 9.69. The van der Waals surface area contributed by atoms with E-state index in [-0.39, 0.29) is 24.4 Å². The molecule has 0 saturated carbocycles. The summed E-state index contributed by atoms with van der Waals surface area (Å²) in [5.41, 5.74) is 2.34. The normalized spacial score (nSPS) is 13.4. The number of benzene rings is 2. The maximum atomic E-state index is 9.69. The summed E-state index contributed by atoms with van der Waals surface area (Å²) in [6.45, 7) is 3.17. The molecule has 2 aromatic rings. The van der Waals surface area contributed by atoms with Crippen LogP contribution in [0.1, 0.15) is 75.3 Å². The molecule has 154 valence electrons. The Morgan fingerprint density at radius 1 is 0.786 bits per heavy atom. The van der Waals surface area contributed by atoms with Crippen LogP contribution in [0.5, 0.6) is 5.75 Å². The zero-order valence-corrected chi connectivity index (χ0v) is 17.2. The van der Waals surface area contributed by atoms with Crippen LogP contribution in [-0.2, 0) is 4.74 Å². The van der Waals surface area contributed by atoms with Crippen molar-refractivity contribution in [1.82, 2.24) is 0 Å². The van der Waals surface area contributed by atoms with E-state index in [0.29, 0.717) is 0 Å². The summed E-state index contributed by atoms with van der Waals surface area (Å²) < 4.78 is 6.38. The van der Waals surface area contributed by atoms with Crippen LogP contribution < -0.4 is 0 Å². The first-order chi connectivity index (χ1) is 13.8. The van der Waals surface area contributed by atoms with Gasteiger partial charge in [0.05, 0.1) is 6.10 Å². The topological polar surface area (TPSA) is 49.7 Å². The number of unbranched alkanes of at least 4 members (excludes halogenated alkanes) is 5. The standard InChI is InChI=1S/C25H36O3/c1-2-3-4-5-6-10-20-28-24(14-11-19-26)25(21-12-8-7-9-13-21)22-15-17-23(27)18-16-22/h7-9,12-13,15-18,24-27H,2-6,10-11,14,19-20H2,1H3. The monoisotopic (exact) mass is 384 g/mol. The molecular formula is C25H36O3. The van der Waals surface area contributed by atoms with Crippen LogP contribution in [0.15, 0.2) is 54.6 Å². The lowest BCUT2D eigenvalue weighted by molar-refractivity contribution is 0.0297. The molecule has 0 saturated heterocycles. The first-order valence-corrected chi connectivity index (χ1v) is 10.8. The maximum Gasteiger partial charge on any atom is 0.115 e. The molecule has 0 radical (unpaired) electrons. The van der Waals surface area contributed by atoms with E-state index < -0.39 is 0 Å². The Morgan fingerprint density at radius 3 is 2.11 bits per heavy atom. The fourth-order valence-corrected chi connectivity index (χ4v) is 3.72. The van der Waals surface area contributed by atoms with Gasteiger partial charge in [-0.15, -0.1) is 0 Å². The Morgan fingerprint density at radius 2 is 1.43 bits per heavy atom. The SMILES string of the molecule is CCCCCCCCOC(CCCO)C(c1ccccc1)c1ccc(O)cc1. The molecule has 0 bridgehead atoms. The molecule has 2 N–H and O–H groups in total. The van der Waals surface area contributed by atoms with Crippen molar-refractivity contribution < 1.29 is 14.9 Å². The third-order valence-electron chi connectivity index (χ3n) is 5.26. The van der Waals surface area contributed by atoms with Gasteiger partial charge in [-0.25, -0.2) is 0 Å². The molecule has 0 fully saturated rings. The highest BCUT2D eigenvalue weighted by Gasteiger charge is 2.25. The highest BCUT2D eigenvalue weighted by atomic mass is 16.5. The van der Waals surface area contributed by atoms with Crippen molar-refractivity contribution in [3.63, 3.8) is 0 Å². The number of hydrogen-bond acceptors (Lipinski definition) is 3. The smallest absolute Gasteiger partial charge is 0.115 e. The fraction of sp³-hybridized carbons (Fsp3) is 0.520. The quantitative estimate of drug-likeness (QED) is 0.390. The van der Waals surface area contributed by atoms with Crippen molar-refractivity contribution in [2.24, 2.45) is 0 Å². The zero-order valence-electron chi connectivity index (χ0n) is 17.2. The van der Waals surface area contributed by atoms with Crippen molar-refractivity contribution in [3.8, 4) is 5.75 Å². The van der Waals surface area contributed by atoms with Crippen LogP contribution in [-0.4, -0.2) is 29.5 Å². The minimum absolute atomic E-state index is 0.00901. The highest BCUT2D eigenvalue weighted by Crippen LogP contribution is 2.33. The van der Waals surface area contributed by atoms with E-state index in [9.17, 15) is 10.2 Å². The summed E-state index contributed by atoms with van der Waals surface area (Å²) in [5.74, 6) is 0.365. The van der Waals surface area contributed by atoms with Crippen LogP contribution in [0, 0.1) is 0 Å². The van der Waals surface area contributed by atoms with Gasteiger partial charge in [0.2, 0.25) is 0 Å². The average Bonchev–Trinajstić information content (AvgIpc) is 2.73. The van der Waals surface area contributed by atoms with Crippen LogP contribution in [0.2, 0.25) is 0 Å². The Bertz CT molecular complexity index is 624. The third kappa shape index (κ3) is 7.65. The molecule has 2 unspecified atom stereocenters. The molecule has 0 aliphatic heterocycles. The molecule has 2 rings (SSSR count). The van der Waals surface area contributed by atoms with Gasteiger partial charge in [-0.3, -0.25) is 0 Å². The van der Waals surface area contributed by atoms with E-state index in [1.165, 1.54) is 37.7 Å². The molecular weight excluding hydrogens is 348 g/mol. The summed E-state index contributed by atoms with van der Waals surface area (Å²) in [5, 5.41) is 19.1. The van der Waals surface area contributed by atoms with Crippen molar-refractivity contribution in [2.75, 3.05) is 13.2 Å². The van der Waals surface area contributed by atoms with Gasteiger partial charge in [0, 0.05) is 19.1 Å². The van der Waals surface area contributed by atoms with E-state index in [1.54, 1.807) is 12.1 Å². The predicted octanol–water partition coefficient (Wildman–Crippen LogP) is 6.04. The fourth-order valence-electron chi connectivity index (χ4n) is 3.72. The summed E-state index contributed by atoms with van der Waals surface area (Å²) in [4.78, 5) is 0. The number of aromatic hydroxyl groups is 1. The van der Waals surface area contributed by atoms with Gasteiger partial charge in [-0.2, -0.15) is 0 Å². The number of aliphatic hydroxyl groups is 1. The molecule has 3 nitrogen and oxygen atoms in total. The van der Waals surface area contributed by atoms with Gasteiger partial charge in [-0.1, -0.05) is 81.5 Å². The number of hydrogen-bond donors (Lipinski definition) is 2. The molecule has 0 heterocycles. The zero-order chi connectivity index (χ0) is 20.0. The minimum Gasteiger partial charge on any atom is -0.508 e. The highest BCUT2D eigenvalue weighted by molar-refractivity contribution is 5.36. The molecule has 0 aliphatic rings. The largest absolute Gasteiger partial charge is 0.508 e. The Hall–Kier alpha value is -1.84. The lowest BCUT2D eigenvalue weighted by Gasteiger charge is -2.28. The van der Waals surface area contributed by atoms with Gasteiger partial charge >= 0.3 is 0 Å². The van der Waals surface area contributed by atoms with Crippen LogP contribution in [0.25, 0.3) is 0 Å². The van der Waals surface area contributed by atoms with E-state index in [4.69, 9.17) is 4.74 Å². The minimum atomic E-state index is 0.00901. The molecule has 2 atom stereocenters. The van der Waals surface area contributed by atoms with Gasteiger partial charge in [0.25, 0.3) is 0 Å². The molecule has 0 aliphatic carbocycles. The predicted molar refractivity (Wildman–Crippen MR) is 116 cm³/mol. The number of phenols is 1. The second kappa shape index (κ2) is 13.4. The third-order valence-corrected chi connectivity index (χ3v) is 5.26. The van der Waals surface area contributed by atoms with E-state index in [1.807, 2.05) is 18.2 Å². The van der Waals surface area contributed by atoms with Crippen LogP contribution in [0.3, 0.4) is 0 Å². The molecule has 28 heavy (non-hydrogen) atoms. The number of aliphatic hydroxyl groups excluding tert-OH is 1. The van der Waals surface area contributed by atoms with Crippen LogP contribution in [0.4, 0.5) is 0 Å².